The summed E-state index contributed by atoms with van der Waals surface area (Å²) >= 11 is 6.48. The second-order valence-electron chi connectivity index (χ2n) is 5.94. The molecule has 2 aliphatic rings. The van der Waals surface area contributed by atoms with Gasteiger partial charge in [0.2, 0.25) is 0 Å². The van der Waals surface area contributed by atoms with Crippen molar-refractivity contribution in [2.75, 3.05) is 27.3 Å². The quantitative estimate of drug-likeness (QED) is 0.908. The Bertz CT molecular complexity index is 513. The minimum Gasteiger partial charge on any atom is -0.493 e. The number of methoxy groups -OCH3 is 2. The molecule has 124 valence electrons. The van der Waals surface area contributed by atoms with E-state index in [1.165, 1.54) is 19.3 Å². The van der Waals surface area contributed by atoms with Crippen LogP contribution in [-0.4, -0.2) is 44.3 Å². The fourth-order valence-electron chi connectivity index (χ4n) is 3.45. The Balaban J connectivity index is 0.00000176. The van der Waals surface area contributed by atoms with Gasteiger partial charge in [0.15, 0.2) is 11.5 Å². The monoisotopic (exact) mass is 346 g/mol. The number of nitrogens with zero attached hydrogens (tertiary/aromatic N) is 1. The molecule has 6 heteroatoms. The molecule has 0 amide bonds. The van der Waals surface area contributed by atoms with E-state index in [1.54, 1.807) is 14.2 Å². The van der Waals surface area contributed by atoms with Crippen molar-refractivity contribution in [3.8, 4) is 11.5 Å². The minimum absolute atomic E-state index is 0. The Morgan fingerprint density at radius 3 is 2.68 bits per heavy atom. The summed E-state index contributed by atoms with van der Waals surface area (Å²) in [5.41, 5.74) is 1.10. The van der Waals surface area contributed by atoms with E-state index in [2.05, 4.69) is 10.2 Å². The van der Waals surface area contributed by atoms with Crippen molar-refractivity contribution >= 4 is 24.0 Å². The van der Waals surface area contributed by atoms with Crippen LogP contribution in [0, 0.1) is 0 Å². The highest BCUT2D eigenvalue weighted by Gasteiger charge is 2.29. The van der Waals surface area contributed by atoms with E-state index in [9.17, 15) is 0 Å². The highest BCUT2D eigenvalue weighted by atomic mass is 35.5. The van der Waals surface area contributed by atoms with Crippen LogP contribution in [-0.2, 0) is 6.54 Å². The topological polar surface area (TPSA) is 33.7 Å². The lowest BCUT2D eigenvalue weighted by Crippen LogP contribution is -2.35. The van der Waals surface area contributed by atoms with Gasteiger partial charge in [-0.15, -0.1) is 12.4 Å². The summed E-state index contributed by atoms with van der Waals surface area (Å²) in [4.78, 5) is 2.49. The molecule has 1 aromatic rings. The molecule has 2 aliphatic heterocycles. The molecule has 0 spiro atoms. The maximum atomic E-state index is 6.48. The van der Waals surface area contributed by atoms with Crippen molar-refractivity contribution in [3.05, 3.63) is 22.7 Å². The van der Waals surface area contributed by atoms with Gasteiger partial charge in [-0.05, 0) is 30.9 Å². The Morgan fingerprint density at radius 2 is 1.95 bits per heavy atom. The Kier molecular flexibility index (Phi) is 6.21. The number of fused-ring (bicyclic) bond motifs is 2. The first kappa shape index (κ1) is 17.7. The van der Waals surface area contributed by atoms with E-state index in [4.69, 9.17) is 21.1 Å². The predicted molar refractivity (Wildman–Crippen MR) is 91.6 cm³/mol. The minimum atomic E-state index is 0. The van der Waals surface area contributed by atoms with Crippen molar-refractivity contribution in [1.82, 2.24) is 10.2 Å². The van der Waals surface area contributed by atoms with Gasteiger partial charge in [-0.3, -0.25) is 4.90 Å². The molecule has 0 radical (unpaired) electrons. The van der Waals surface area contributed by atoms with Gasteiger partial charge < -0.3 is 14.8 Å². The third-order valence-electron chi connectivity index (χ3n) is 4.57. The van der Waals surface area contributed by atoms with E-state index >= 15 is 0 Å². The number of ether oxygens (including phenoxy) is 2. The lowest BCUT2D eigenvalue weighted by atomic mass is 10.1. The van der Waals surface area contributed by atoms with Crippen LogP contribution in [0.3, 0.4) is 0 Å². The first-order valence-corrected chi connectivity index (χ1v) is 7.96. The van der Waals surface area contributed by atoms with Gasteiger partial charge in [-0.2, -0.15) is 0 Å². The lowest BCUT2D eigenvalue weighted by molar-refractivity contribution is 0.250. The number of hydrogen-bond donors (Lipinski definition) is 1. The standard InChI is InChI=1S/C16H23ClN2O2.ClH/c1-20-14-6-3-11(15(17)16(14)21-2)9-19-8-7-12-4-5-13(10-19)18-12;/h3,6,12-13,18H,4-5,7-10H2,1-2H3;1H. The van der Waals surface area contributed by atoms with Crippen LogP contribution in [0.5, 0.6) is 11.5 Å². The zero-order valence-electron chi connectivity index (χ0n) is 13.1. The summed E-state index contributed by atoms with van der Waals surface area (Å²) in [5, 5.41) is 4.37. The van der Waals surface area contributed by atoms with Gasteiger partial charge >= 0.3 is 0 Å². The number of nitrogens with one attached hydrogen (secondary N) is 1. The first-order chi connectivity index (χ1) is 10.2. The van der Waals surface area contributed by atoms with Crippen LogP contribution in [0.2, 0.25) is 5.02 Å². The Hall–Kier alpha value is -0.680. The zero-order valence-corrected chi connectivity index (χ0v) is 14.7. The molecule has 1 aromatic carbocycles. The Labute approximate surface area is 143 Å². The molecule has 22 heavy (non-hydrogen) atoms. The van der Waals surface area contributed by atoms with Gasteiger partial charge in [0.05, 0.1) is 19.2 Å². The highest BCUT2D eigenvalue weighted by Crippen LogP contribution is 2.38. The molecule has 2 atom stereocenters. The fraction of sp³-hybridized carbons (Fsp3) is 0.625. The van der Waals surface area contributed by atoms with E-state index in [-0.39, 0.29) is 12.4 Å². The number of rotatable bonds is 4. The summed E-state index contributed by atoms with van der Waals surface area (Å²) in [7, 11) is 3.26. The highest BCUT2D eigenvalue weighted by molar-refractivity contribution is 6.33. The molecular formula is C16H24Cl2N2O2. The van der Waals surface area contributed by atoms with Gasteiger partial charge in [-0.25, -0.2) is 0 Å². The van der Waals surface area contributed by atoms with Crippen LogP contribution >= 0.6 is 24.0 Å². The molecule has 2 bridgehead atoms. The third-order valence-corrected chi connectivity index (χ3v) is 4.98. The predicted octanol–water partition coefficient (Wildman–Crippen LogP) is 3.11. The maximum Gasteiger partial charge on any atom is 0.179 e. The molecule has 2 unspecified atom stereocenters. The molecule has 3 rings (SSSR count). The number of likely N-dealkylation sites (tertiary alicyclic amines) is 1. The summed E-state index contributed by atoms with van der Waals surface area (Å²) < 4.78 is 10.7. The van der Waals surface area contributed by atoms with Crippen molar-refractivity contribution in [2.45, 2.75) is 37.9 Å². The molecule has 2 saturated heterocycles. The molecule has 1 N–H and O–H groups in total. The average Bonchev–Trinajstić information content (AvgIpc) is 2.83. The molecule has 0 saturated carbocycles. The average molecular weight is 347 g/mol. The van der Waals surface area contributed by atoms with Gasteiger partial charge in [0.1, 0.15) is 0 Å². The smallest absolute Gasteiger partial charge is 0.179 e. The van der Waals surface area contributed by atoms with Crippen molar-refractivity contribution in [3.63, 3.8) is 0 Å². The van der Waals surface area contributed by atoms with Crippen molar-refractivity contribution in [2.24, 2.45) is 0 Å². The first-order valence-electron chi connectivity index (χ1n) is 7.59. The normalized spacial score (nSPS) is 24.5. The van der Waals surface area contributed by atoms with Crippen LogP contribution < -0.4 is 14.8 Å². The van der Waals surface area contributed by atoms with E-state index in [1.807, 2.05) is 12.1 Å². The summed E-state index contributed by atoms with van der Waals surface area (Å²) in [6, 6.07) is 5.32. The van der Waals surface area contributed by atoms with E-state index in [0.717, 1.165) is 25.2 Å². The lowest BCUT2D eigenvalue weighted by Gasteiger charge is -2.25. The van der Waals surface area contributed by atoms with Gasteiger partial charge in [0.25, 0.3) is 0 Å². The number of hydrogen-bond acceptors (Lipinski definition) is 4. The van der Waals surface area contributed by atoms with Crippen molar-refractivity contribution < 1.29 is 9.47 Å². The zero-order chi connectivity index (χ0) is 14.8. The van der Waals surface area contributed by atoms with Crippen molar-refractivity contribution in [1.29, 1.82) is 0 Å². The Morgan fingerprint density at radius 1 is 1.18 bits per heavy atom. The SMILES string of the molecule is COc1ccc(CN2CCC3CCC(C2)N3)c(Cl)c1OC.Cl. The summed E-state index contributed by atoms with van der Waals surface area (Å²) in [6.07, 6.45) is 3.85. The van der Waals surface area contributed by atoms with Gasteiger partial charge in [0, 0.05) is 31.7 Å². The molecule has 0 aliphatic carbocycles. The van der Waals surface area contributed by atoms with Crippen LogP contribution in [0.1, 0.15) is 24.8 Å². The largest absolute Gasteiger partial charge is 0.493 e. The fourth-order valence-corrected chi connectivity index (χ4v) is 3.75. The molecule has 4 nitrogen and oxygen atoms in total. The molecular weight excluding hydrogens is 323 g/mol. The second kappa shape index (κ2) is 7.73. The van der Waals surface area contributed by atoms with E-state index < -0.39 is 0 Å². The van der Waals surface area contributed by atoms with Crippen LogP contribution in [0.25, 0.3) is 0 Å². The van der Waals surface area contributed by atoms with Gasteiger partial charge in [-0.1, -0.05) is 17.7 Å². The molecule has 2 fully saturated rings. The molecule has 2 heterocycles. The maximum absolute atomic E-state index is 6.48. The van der Waals surface area contributed by atoms with Crippen LogP contribution in [0.15, 0.2) is 12.1 Å². The number of benzene rings is 1. The number of halogens is 2. The second-order valence-corrected chi connectivity index (χ2v) is 6.31. The van der Waals surface area contributed by atoms with Crippen LogP contribution in [0.4, 0.5) is 0 Å². The molecule has 0 aromatic heterocycles. The van der Waals surface area contributed by atoms with E-state index in [0.29, 0.717) is 28.6 Å². The summed E-state index contributed by atoms with van der Waals surface area (Å²) in [5.74, 6) is 1.31. The summed E-state index contributed by atoms with van der Waals surface area (Å²) in [6.45, 7) is 3.09. The third kappa shape index (κ3) is 3.62.